The lowest BCUT2D eigenvalue weighted by Crippen LogP contribution is -2.03. The van der Waals surface area contributed by atoms with Crippen molar-refractivity contribution >= 4 is 27.6 Å². The van der Waals surface area contributed by atoms with E-state index < -0.39 is 0 Å². The van der Waals surface area contributed by atoms with Crippen molar-refractivity contribution in [1.29, 1.82) is 0 Å². The summed E-state index contributed by atoms with van der Waals surface area (Å²) in [7, 11) is 0. The van der Waals surface area contributed by atoms with Gasteiger partial charge in [-0.2, -0.15) is 0 Å². The second-order valence-electron chi connectivity index (χ2n) is 4.01. The van der Waals surface area contributed by atoms with E-state index in [0.29, 0.717) is 12.2 Å². The molecule has 3 rings (SSSR count). The lowest BCUT2D eigenvalue weighted by Gasteiger charge is -2.01. The SMILES string of the molecule is CCOC(=O)c1c[nH]c2c1ccc1cnccc12. The number of nitrogens with one attached hydrogen (secondary N) is 1. The first-order valence-corrected chi connectivity index (χ1v) is 5.82. The molecular weight excluding hydrogens is 228 g/mol. The quantitative estimate of drug-likeness (QED) is 0.701. The van der Waals surface area contributed by atoms with Crippen LogP contribution in [0.1, 0.15) is 17.3 Å². The zero-order chi connectivity index (χ0) is 12.5. The molecule has 0 aliphatic heterocycles. The van der Waals surface area contributed by atoms with Gasteiger partial charge in [-0.3, -0.25) is 4.98 Å². The van der Waals surface area contributed by atoms with Crippen molar-refractivity contribution in [1.82, 2.24) is 9.97 Å². The zero-order valence-corrected chi connectivity index (χ0v) is 9.93. The first-order valence-electron chi connectivity index (χ1n) is 5.82. The maximum absolute atomic E-state index is 11.8. The van der Waals surface area contributed by atoms with Crippen LogP contribution in [0.3, 0.4) is 0 Å². The fraction of sp³-hybridized carbons (Fsp3) is 0.143. The lowest BCUT2D eigenvalue weighted by molar-refractivity contribution is 0.0529. The molecule has 4 nitrogen and oxygen atoms in total. The van der Waals surface area contributed by atoms with Crippen LogP contribution in [-0.2, 0) is 4.74 Å². The number of aromatic amines is 1. The molecule has 1 N–H and O–H groups in total. The molecule has 0 saturated carbocycles. The molecule has 0 saturated heterocycles. The summed E-state index contributed by atoms with van der Waals surface area (Å²) in [6, 6.07) is 5.81. The van der Waals surface area contributed by atoms with Gasteiger partial charge in [0, 0.05) is 34.7 Å². The van der Waals surface area contributed by atoms with Crippen molar-refractivity contribution in [3.8, 4) is 0 Å². The third-order valence-electron chi connectivity index (χ3n) is 2.97. The highest BCUT2D eigenvalue weighted by Gasteiger charge is 2.14. The minimum absolute atomic E-state index is 0.294. The average Bonchev–Trinajstić information content (AvgIpc) is 2.83. The van der Waals surface area contributed by atoms with Gasteiger partial charge >= 0.3 is 5.97 Å². The number of benzene rings is 1. The molecule has 1 aromatic carbocycles. The third-order valence-corrected chi connectivity index (χ3v) is 2.97. The summed E-state index contributed by atoms with van der Waals surface area (Å²) in [5.41, 5.74) is 1.52. The first kappa shape index (κ1) is 10.8. The van der Waals surface area contributed by atoms with E-state index in [9.17, 15) is 4.79 Å². The highest BCUT2D eigenvalue weighted by Crippen LogP contribution is 2.26. The summed E-state index contributed by atoms with van der Waals surface area (Å²) in [5, 5.41) is 2.98. The molecule has 0 bridgehead atoms. The molecule has 3 aromatic rings. The number of esters is 1. The van der Waals surface area contributed by atoms with Gasteiger partial charge in [0.05, 0.1) is 17.7 Å². The fourth-order valence-electron chi connectivity index (χ4n) is 2.15. The van der Waals surface area contributed by atoms with E-state index in [1.54, 1.807) is 25.5 Å². The van der Waals surface area contributed by atoms with Crippen molar-refractivity contribution in [2.45, 2.75) is 6.92 Å². The summed E-state index contributed by atoms with van der Waals surface area (Å²) in [6.07, 6.45) is 5.24. The molecular formula is C14H12N2O2. The molecule has 0 radical (unpaired) electrons. The minimum Gasteiger partial charge on any atom is -0.462 e. The van der Waals surface area contributed by atoms with E-state index in [0.717, 1.165) is 21.7 Å². The van der Waals surface area contributed by atoms with Crippen molar-refractivity contribution in [3.63, 3.8) is 0 Å². The van der Waals surface area contributed by atoms with Gasteiger partial charge in [-0.15, -0.1) is 0 Å². The summed E-state index contributed by atoms with van der Waals surface area (Å²) < 4.78 is 5.04. The number of ether oxygens (including phenoxy) is 1. The van der Waals surface area contributed by atoms with Gasteiger partial charge in [-0.05, 0) is 13.0 Å². The second-order valence-corrected chi connectivity index (χ2v) is 4.01. The van der Waals surface area contributed by atoms with Crippen molar-refractivity contribution in [2.24, 2.45) is 0 Å². The van der Waals surface area contributed by atoms with Gasteiger partial charge in [-0.25, -0.2) is 4.79 Å². The van der Waals surface area contributed by atoms with E-state index >= 15 is 0 Å². The Bertz CT molecular complexity index is 731. The van der Waals surface area contributed by atoms with E-state index in [4.69, 9.17) is 4.74 Å². The van der Waals surface area contributed by atoms with Gasteiger partial charge in [-0.1, -0.05) is 12.1 Å². The molecule has 2 aromatic heterocycles. The molecule has 0 amide bonds. The van der Waals surface area contributed by atoms with Gasteiger partial charge in [0.2, 0.25) is 0 Å². The van der Waals surface area contributed by atoms with Crippen LogP contribution in [0.4, 0.5) is 0 Å². The Morgan fingerprint density at radius 3 is 3.06 bits per heavy atom. The van der Waals surface area contributed by atoms with Crippen LogP contribution in [0, 0.1) is 0 Å². The lowest BCUT2D eigenvalue weighted by atomic mass is 10.1. The second kappa shape index (κ2) is 4.14. The largest absolute Gasteiger partial charge is 0.462 e. The topological polar surface area (TPSA) is 55.0 Å². The Morgan fingerprint density at radius 1 is 1.33 bits per heavy atom. The fourth-order valence-corrected chi connectivity index (χ4v) is 2.15. The maximum Gasteiger partial charge on any atom is 0.340 e. The molecule has 0 aliphatic carbocycles. The number of nitrogens with zero attached hydrogens (tertiary/aromatic N) is 1. The van der Waals surface area contributed by atoms with Gasteiger partial charge in [0.15, 0.2) is 0 Å². The molecule has 0 spiro atoms. The summed E-state index contributed by atoms with van der Waals surface area (Å²) >= 11 is 0. The Kier molecular flexibility index (Phi) is 2.48. The number of H-pyrrole nitrogens is 1. The molecule has 2 heterocycles. The van der Waals surface area contributed by atoms with Crippen molar-refractivity contribution < 1.29 is 9.53 Å². The number of carbonyl (C=O) groups excluding carboxylic acids is 1. The van der Waals surface area contributed by atoms with E-state index in [1.807, 2.05) is 18.2 Å². The Labute approximate surface area is 104 Å². The van der Waals surface area contributed by atoms with Crippen LogP contribution in [0.15, 0.2) is 36.8 Å². The Morgan fingerprint density at radius 2 is 2.22 bits per heavy atom. The maximum atomic E-state index is 11.8. The van der Waals surface area contributed by atoms with Gasteiger partial charge < -0.3 is 9.72 Å². The van der Waals surface area contributed by atoms with E-state index in [-0.39, 0.29) is 5.97 Å². The minimum atomic E-state index is -0.294. The number of pyridine rings is 1. The standard InChI is InChI=1S/C14H12N2O2/c1-2-18-14(17)12-8-16-13-10-5-6-15-7-9(10)3-4-11(12)13/h3-8,16H,2H2,1H3. The van der Waals surface area contributed by atoms with Crippen LogP contribution < -0.4 is 0 Å². The van der Waals surface area contributed by atoms with Crippen molar-refractivity contribution in [2.75, 3.05) is 6.61 Å². The number of rotatable bonds is 2. The molecule has 0 fully saturated rings. The predicted molar refractivity (Wildman–Crippen MR) is 69.6 cm³/mol. The Balaban J connectivity index is 2.26. The number of fused-ring (bicyclic) bond motifs is 3. The molecule has 0 aliphatic rings. The van der Waals surface area contributed by atoms with Crippen LogP contribution in [0.2, 0.25) is 0 Å². The van der Waals surface area contributed by atoms with Crippen molar-refractivity contribution in [3.05, 3.63) is 42.4 Å². The predicted octanol–water partition coefficient (Wildman–Crippen LogP) is 2.89. The van der Waals surface area contributed by atoms with E-state index in [2.05, 4.69) is 9.97 Å². The normalized spacial score (nSPS) is 10.9. The van der Waals surface area contributed by atoms with Gasteiger partial charge in [0.25, 0.3) is 0 Å². The van der Waals surface area contributed by atoms with Crippen LogP contribution in [0.5, 0.6) is 0 Å². The van der Waals surface area contributed by atoms with Crippen LogP contribution in [-0.4, -0.2) is 22.5 Å². The number of carbonyl (C=O) groups is 1. The summed E-state index contributed by atoms with van der Waals surface area (Å²) in [5.74, 6) is -0.294. The molecule has 4 heteroatoms. The number of aromatic nitrogens is 2. The van der Waals surface area contributed by atoms with Gasteiger partial charge in [0.1, 0.15) is 0 Å². The number of hydrogen-bond acceptors (Lipinski definition) is 3. The van der Waals surface area contributed by atoms with Crippen LogP contribution >= 0.6 is 0 Å². The highest BCUT2D eigenvalue weighted by atomic mass is 16.5. The molecule has 90 valence electrons. The number of hydrogen-bond donors (Lipinski definition) is 1. The molecule has 0 atom stereocenters. The third kappa shape index (κ3) is 1.54. The summed E-state index contributed by atoms with van der Waals surface area (Å²) in [6.45, 7) is 2.18. The monoisotopic (exact) mass is 240 g/mol. The molecule has 0 unspecified atom stereocenters. The Hall–Kier alpha value is -2.36. The summed E-state index contributed by atoms with van der Waals surface area (Å²) in [4.78, 5) is 19.0. The first-order chi connectivity index (χ1) is 8.81. The smallest absolute Gasteiger partial charge is 0.340 e. The molecule has 18 heavy (non-hydrogen) atoms. The van der Waals surface area contributed by atoms with E-state index in [1.165, 1.54) is 0 Å². The zero-order valence-electron chi connectivity index (χ0n) is 9.93. The highest BCUT2D eigenvalue weighted by molar-refractivity contribution is 6.12. The van der Waals surface area contributed by atoms with Crippen LogP contribution in [0.25, 0.3) is 21.7 Å². The average molecular weight is 240 g/mol.